The summed E-state index contributed by atoms with van der Waals surface area (Å²) in [5.74, 6) is 2.66. The summed E-state index contributed by atoms with van der Waals surface area (Å²) < 4.78 is 5.41. The number of nitrogens with zero attached hydrogens (tertiary/aromatic N) is 3. The number of piperidine rings is 1. The summed E-state index contributed by atoms with van der Waals surface area (Å²) in [4.78, 5) is 2.18. The van der Waals surface area contributed by atoms with E-state index in [1.165, 1.54) is 12.8 Å². The predicted octanol–water partition coefficient (Wildman–Crippen LogP) is 1.65. The van der Waals surface area contributed by atoms with Crippen molar-refractivity contribution in [3.63, 3.8) is 0 Å². The Kier molecular flexibility index (Phi) is 1.90. The molecule has 2 aliphatic rings. The third kappa shape index (κ3) is 1.38. The van der Waals surface area contributed by atoms with Crippen LogP contribution >= 0.6 is 11.6 Å². The largest absolute Gasteiger partial charge is 0.407 e. The molecule has 2 heterocycles. The Morgan fingerprint density at radius 3 is 3.07 bits per heavy atom. The van der Waals surface area contributed by atoms with Gasteiger partial charge in [0, 0.05) is 13.1 Å². The first-order valence-corrected chi connectivity index (χ1v) is 5.53. The van der Waals surface area contributed by atoms with Crippen molar-refractivity contribution in [2.24, 2.45) is 11.8 Å². The van der Waals surface area contributed by atoms with E-state index in [1.54, 1.807) is 0 Å². The molecule has 4 nitrogen and oxygen atoms in total. The Labute approximate surface area is 87.2 Å². The van der Waals surface area contributed by atoms with Crippen LogP contribution in [0, 0.1) is 11.8 Å². The second kappa shape index (κ2) is 3.12. The molecule has 1 aliphatic heterocycles. The van der Waals surface area contributed by atoms with Crippen LogP contribution in [0.2, 0.25) is 0 Å². The average molecular weight is 214 g/mol. The molecule has 2 atom stereocenters. The van der Waals surface area contributed by atoms with E-state index in [0.717, 1.165) is 24.9 Å². The second-order valence-electron chi connectivity index (χ2n) is 4.10. The van der Waals surface area contributed by atoms with E-state index in [0.29, 0.717) is 17.8 Å². The molecule has 2 fully saturated rings. The molecule has 14 heavy (non-hydrogen) atoms. The maximum absolute atomic E-state index is 5.60. The summed E-state index contributed by atoms with van der Waals surface area (Å²) in [5.41, 5.74) is 0. The highest BCUT2D eigenvalue weighted by Crippen LogP contribution is 2.45. The van der Waals surface area contributed by atoms with Gasteiger partial charge in [0.25, 0.3) is 0 Å². The molecule has 1 aromatic rings. The average Bonchev–Trinajstić information content (AvgIpc) is 2.84. The Hall–Kier alpha value is -0.770. The summed E-state index contributed by atoms with van der Waals surface area (Å²) in [5, 5.41) is 7.85. The summed E-state index contributed by atoms with van der Waals surface area (Å²) >= 11 is 5.60. The molecule has 1 aromatic heterocycles. The first-order valence-electron chi connectivity index (χ1n) is 5.00. The highest BCUT2D eigenvalue weighted by atomic mass is 35.5. The van der Waals surface area contributed by atoms with Gasteiger partial charge in [-0.3, -0.25) is 0 Å². The van der Waals surface area contributed by atoms with Crippen LogP contribution in [0.3, 0.4) is 0 Å². The van der Waals surface area contributed by atoms with Crippen LogP contribution in [-0.4, -0.2) is 23.3 Å². The Morgan fingerprint density at radius 2 is 2.36 bits per heavy atom. The maximum atomic E-state index is 5.60. The van der Waals surface area contributed by atoms with Crippen LogP contribution in [0.5, 0.6) is 0 Å². The van der Waals surface area contributed by atoms with Crippen LogP contribution in [0.4, 0.5) is 6.01 Å². The summed E-state index contributed by atoms with van der Waals surface area (Å²) in [7, 11) is 0. The molecule has 0 amide bonds. The van der Waals surface area contributed by atoms with Crippen molar-refractivity contribution in [1.29, 1.82) is 0 Å². The smallest absolute Gasteiger partial charge is 0.318 e. The zero-order valence-electron chi connectivity index (χ0n) is 7.82. The van der Waals surface area contributed by atoms with E-state index in [2.05, 4.69) is 15.1 Å². The van der Waals surface area contributed by atoms with Crippen molar-refractivity contribution >= 4 is 17.6 Å². The second-order valence-corrected chi connectivity index (χ2v) is 4.37. The summed E-state index contributed by atoms with van der Waals surface area (Å²) in [6, 6.07) is 0.644. The van der Waals surface area contributed by atoms with Gasteiger partial charge in [0.15, 0.2) is 0 Å². The first-order chi connectivity index (χ1) is 6.86. The fraction of sp³-hybridized carbons (Fsp3) is 0.778. The van der Waals surface area contributed by atoms with Crippen molar-refractivity contribution in [3.8, 4) is 0 Å². The first kappa shape index (κ1) is 8.53. The van der Waals surface area contributed by atoms with Gasteiger partial charge in [-0.2, -0.15) is 0 Å². The molecule has 1 aliphatic carbocycles. The zero-order chi connectivity index (χ0) is 9.54. The molecule has 0 spiro atoms. The van der Waals surface area contributed by atoms with Gasteiger partial charge in [-0.15, -0.1) is 16.7 Å². The topological polar surface area (TPSA) is 42.2 Å². The molecule has 0 aromatic carbocycles. The van der Waals surface area contributed by atoms with E-state index < -0.39 is 0 Å². The van der Waals surface area contributed by atoms with E-state index in [4.69, 9.17) is 16.0 Å². The Balaban J connectivity index is 1.74. The third-order valence-corrected chi connectivity index (χ3v) is 3.36. The Bertz CT molecular complexity index is 341. The number of hydrogen-bond donors (Lipinski definition) is 0. The number of fused-ring (bicyclic) bond motifs is 1. The monoisotopic (exact) mass is 213 g/mol. The molecule has 0 bridgehead atoms. The fourth-order valence-electron chi connectivity index (χ4n) is 2.18. The molecule has 0 radical (unpaired) electrons. The van der Waals surface area contributed by atoms with Gasteiger partial charge in [0.05, 0.1) is 0 Å². The van der Waals surface area contributed by atoms with Gasteiger partial charge < -0.3 is 9.32 Å². The predicted molar refractivity (Wildman–Crippen MR) is 52.3 cm³/mol. The van der Waals surface area contributed by atoms with Gasteiger partial charge in [-0.1, -0.05) is 5.10 Å². The highest BCUT2D eigenvalue weighted by Gasteiger charge is 2.42. The van der Waals surface area contributed by atoms with Gasteiger partial charge in [-0.25, -0.2) is 0 Å². The quantitative estimate of drug-likeness (QED) is 0.701. The lowest BCUT2D eigenvalue weighted by Crippen LogP contribution is -2.31. The van der Waals surface area contributed by atoms with E-state index >= 15 is 0 Å². The fourth-order valence-corrected chi connectivity index (χ4v) is 2.29. The van der Waals surface area contributed by atoms with E-state index in [-0.39, 0.29) is 0 Å². The minimum Gasteiger partial charge on any atom is -0.407 e. The van der Waals surface area contributed by atoms with Crippen LogP contribution in [-0.2, 0) is 5.88 Å². The molecule has 2 unspecified atom stereocenters. The van der Waals surface area contributed by atoms with Gasteiger partial charge in [-0.05, 0) is 24.7 Å². The van der Waals surface area contributed by atoms with Crippen molar-refractivity contribution in [3.05, 3.63) is 5.89 Å². The number of rotatable bonds is 2. The number of hydrogen-bond acceptors (Lipinski definition) is 4. The standard InChI is InChI=1S/C9H12ClN3O/c10-4-8-11-12-9(14-8)13-2-1-6-3-7(6)5-13/h6-7H,1-5H2. The molecular weight excluding hydrogens is 202 g/mol. The summed E-state index contributed by atoms with van der Waals surface area (Å²) in [6.07, 6.45) is 2.65. The lowest BCUT2D eigenvalue weighted by Gasteiger charge is -2.23. The molecule has 3 rings (SSSR count). The lowest BCUT2D eigenvalue weighted by atomic mass is 10.1. The highest BCUT2D eigenvalue weighted by molar-refractivity contribution is 6.16. The summed E-state index contributed by atoms with van der Waals surface area (Å²) in [6.45, 7) is 2.12. The van der Waals surface area contributed by atoms with Crippen molar-refractivity contribution in [2.45, 2.75) is 18.7 Å². The Morgan fingerprint density at radius 1 is 1.43 bits per heavy atom. The van der Waals surface area contributed by atoms with Crippen LogP contribution in [0.1, 0.15) is 18.7 Å². The van der Waals surface area contributed by atoms with Crippen molar-refractivity contribution in [1.82, 2.24) is 10.2 Å². The van der Waals surface area contributed by atoms with E-state index in [9.17, 15) is 0 Å². The number of aromatic nitrogens is 2. The molecule has 76 valence electrons. The maximum Gasteiger partial charge on any atom is 0.318 e. The van der Waals surface area contributed by atoms with Gasteiger partial charge in [0.2, 0.25) is 5.89 Å². The molecule has 0 N–H and O–H groups in total. The minimum absolute atomic E-state index is 0.299. The van der Waals surface area contributed by atoms with Crippen molar-refractivity contribution in [2.75, 3.05) is 18.0 Å². The van der Waals surface area contributed by atoms with Crippen LogP contribution < -0.4 is 4.90 Å². The van der Waals surface area contributed by atoms with Crippen LogP contribution in [0.15, 0.2) is 4.42 Å². The number of alkyl halides is 1. The minimum atomic E-state index is 0.299. The molecular formula is C9H12ClN3O. The molecule has 5 heteroatoms. The van der Waals surface area contributed by atoms with Gasteiger partial charge in [0.1, 0.15) is 5.88 Å². The molecule has 1 saturated carbocycles. The van der Waals surface area contributed by atoms with Crippen molar-refractivity contribution < 1.29 is 4.42 Å². The van der Waals surface area contributed by atoms with E-state index in [1.807, 2.05) is 0 Å². The zero-order valence-corrected chi connectivity index (χ0v) is 8.57. The number of anilines is 1. The number of halogens is 1. The molecule has 1 saturated heterocycles. The third-order valence-electron chi connectivity index (χ3n) is 3.13. The lowest BCUT2D eigenvalue weighted by molar-refractivity contribution is 0.464. The van der Waals surface area contributed by atoms with Gasteiger partial charge >= 0.3 is 6.01 Å². The normalized spacial score (nSPS) is 30.2. The van der Waals surface area contributed by atoms with Crippen LogP contribution in [0.25, 0.3) is 0 Å². The SMILES string of the molecule is ClCc1nnc(N2CCC3CC3C2)o1.